The number of furan rings is 1. The quantitative estimate of drug-likeness (QED) is 0.756. The van der Waals surface area contributed by atoms with Crippen LogP contribution in [0.1, 0.15) is 42.5 Å². The van der Waals surface area contributed by atoms with Crippen molar-refractivity contribution in [1.29, 1.82) is 0 Å². The molecule has 1 fully saturated rings. The Balaban J connectivity index is 2.05. The summed E-state index contributed by atoms with van der Waals surface area (Å²) in [7, 11) is 0. The minimum atomic E-state index is 0.000602. The van der Waals surface area contributed by atoms with Crippen molar-refractivity contribution in [2.75, 3.05) is 13.1 Å². The average molecular weight is 242 g/mol. The van der Waals surface area contributed by atoms with E-state index in [1.54, 1.807) is 6.07 Å². The Hall–Kier alpha value is -0.960. The van der Waals surface area contributed by atoms with Crippen molar-refractivity contribution in [2.24, 2.45) is 0 Å². The molecule has 0 saturated carbocycles. The van der Waals surface area contributed by atoms with Gasteiger partial charge in [0.25, 0.3) is 5.91 Å². The zero-order chi connectivity index (χ0) is 11.4. The summed E-state index contributed by atoms with van der Waals surface area (Å²) in [5, 5.41) is 0.201. The van der Waals surface area contributed by atoms with Gasteiger partial charge in [0.2, 0.25) is 5.22 Å². The van der Waals surface area contributed by atoms with Gasteiger partial charge in [0, 0.05) is 13.1 Å². The van der Waals surface area contributed by atoms with E-state index in [2.05, 4.69) is 0 Å². The highest BCUT2D eigenvalue weighted by molar-refractivity contribution is 6.32. The molecule has 1 amide bonds. The van der Waals surface area contributed by atoms with Crippen LogP contribution in [0.5, 0.6) is 0 Å². The van der Waals surface area contributed by atoms with E-state index >= 15 is 0 Å². The van der Waals surface area contributed by atoms with Crippen LogP contribution in [0.3, 0.4) is 0 Å². The van der Waals surface area contributed by atoms with Gasteiger partial charge in [-0.1, -0.05) is 19.3 Å². The van der Waals surface area contributed by atoms with E-state index in [-0.39, 0.29) is 11.1 Å². The average Bonchev–Trinajstić information content (AvgIpc) is 2.63. The first-order chi connectivity index (χ1) is 7.79. The molecular formula is C12H16ClNO2. The normalized spacial score (nSPS) is 17.9. The minimum absolute atomic E-state index is 0.000602. The molecule has 4 heteroatoms. The summed E-state index contributed by atoms with van der Waals surface area (Å²) >= 11 is 5.81. The van der Waals surface area contributed by atoms with E-state index in [1.807, 2.05) is 4.90 Å². The highest BCUT2D eigenvalue weighted by Crippen LogP contribution is 2.20. The van der Waals surface area contributed by atoms with E-state index in [4.69, 9.17) is 16.0 Å². The van der Waals surface area contributed by atoms with Gasteiger partial charge in [-0.2, -0.15) is 0 Å². The van der Waals surface area contributed by atoms with Crippen LogP contribution in [0.4, 0.5) is 0 Å². The molecule has 2 rings (SSSR count). The molecule has 1 aromatic rings. The molecule has 0 N–H and O–H groups in total. The topological polar surface area (TPSA) is 33.5 Å². The summed E-state index contributed by atoms with van der Waals surface area (Å²) in [6, 6.07) is 1.64. The highest BCUT2D eigenvalue weighted by Gasteiger charge is 2.20. The van der Waals surface area contributed by atoms with Crippen LogP contribution in [-0.4, -0.2) is 23.9 Å². The third-order valence-electron chi connectivity index (χ3n) is 2.99. The molecule has 1 aromatic heterocycles. The van der Waals surface area contributed by atoms with Crippen molar-refractivity contribution in [3.8, 4) is 0 Å². The number of nitrogens with zero attached hydrogens (tertiary/aromatic N) is 1. The van der Waals surface area contributed by atoms with Gasteiger partial charge in [-0.3, -0.25) is 4.79 Å². The fraction of sp³-hybridized carbons (Fsp3) is 0.583. The predicted octanol–water partition coefficient (Wildman–Crippen LogP) is 3.34. The van der Waals surface area contributed by atoms with E-state index in [9.17, 15) is 4.79 Å². The summed E-state index contributed by atoms with van der Waals surface area (Å²) < 4.78 is 4.95. The lowest BCUT2D eigenvalue weighted by molar-refractivity contribution is 0.0742. The van der Waals surface area contributed by atoms with E-state index < -0.39 is 0 Å². The molecule has 2 heterocycles. The number of carbonyl (C=O) groups excluding carboxylic acids is 1. The Bertz CT molecular complexity index is 354. The molecule has 0 aliphatic carbocycles. The largest absolute Gasteiger partial charge is 0.452 e. The monoisotopic (exact) mass is 241 g/mol. The molecule has 88 valence electrons. The van der Waals surface area contributed by atoms with Gasteiger partial charge in [0.15, 0.2) is 0 Å². The van der Waals surface area contributed by atoms with Crippen molar-refractivity contribution < 1.29 is 9.21 Å². The van der Waals surface area contributed by atoms with Crippen LogP contribution in [-0.2, 0) is 0 Å². The van der Waals surface area contributed by atoms with Crippen molar-refractivity contribution in [3.63, 3.8) is 0 Å². The van der Waals surface area contributed by atoms with Gasteiger partial charge in [0.1, 0.15) is 0 Å². The number of carbonyl (C=O) groups is 1. The summed E-state index contributed by atoms with van der Waals surface area (Å²) in [6.07, 6.45) is 7.34. The Kier molecular flexibility index (Phi) is 3.88. The standard InChI is InChI=1S/C12H16ClNO2/c13-11-10(6-9-16-11)12(15)14-7-4-2-1-3-5-8-14/h6,9H,1-5,7-8H2. The van der Waals surface area contributed by atoms with Crippen molar-refractivity contribution in [3.05, 3.63) is 23.1 Å². The second kappa shape index (κ2) is 5.39. The zero-order valence-electron chi connectivity index (χ0n) is 9.25. The fourth-order valence-electron chi connectivity index (χ4n) is 2.07. The Labute approximate surface area is 100 Å². The maximum atomic E-state index is 12.1. The number of rotatable bonds is 1. The zero-order valence-corrected chi connectivity index (χ0v) is 10.0. The van der Waals surface area contributed by atoms with Gasteiger partial charge in [0.05, 0.1) is 11.8 Å². The molecule has 16 heavy (non-hydrogen) atoms. The number of halogens is 1. The van der Waals surface area contributed by atoms with Crippen molar-refractivity contribution in [1.82, 2.24) is 4.90 Å². The summed E-state index contributed by atoms with van der Waals surface area (Å²) in [4.78, 5) is 14.0. The lowest BCUT2D eigenvalue weighted by atomic mass is 10.1. The maximum absolute atomic E-state index is 12.1. The lowest BCUT2D eigenvalue weighted by Gasteiger charge is -2.24. The van der Waals surface area contributed by atoms with Crippen LogP contribution in [0.2, 0.25) is 5.22 Å². The molecule has 0 bridgehead atoms. The van der Waals surface area contributed by atoms with Crippen LogP contribution in [0.25, 0.3) is 0 Å². The van der Waals surface area contributed by atoms with Crippen molar-refractivity contribution in [2.45, 2.75) is 32.1 Å². The van der Waals surface area contributed by atoms with Crippen LogP contribution in [0.15, 0.2) is 16.7 Å². The molecule has 0 aromatic carbocycles. The van der Waals surface area contributed by atoms with Crippen molar-refractivity contribution >= 4 is 17.5 Å². The van der Waals surface area contributed by atoms with E-state index in [1.165, 1.54) is 25.5 Å². The first kappa shape index (κ1) is 11.5. The van der Waals surface area contributed by atoms with Gasteiger partial charge in [-0.15, -0.1) is 0 Å². The molecule has 0 atom stereocenters. The van der Waals surface area contributed by atoms with E-state index in [0.29, 0.717) is 5.56 Å². The first-order valence-corrected chi connectivity index (χ1v) is 6.19. The molecule has 3 nitrogen and oxygen atoms in total. The number of hydrogen-bond acceptors (Lipinski definition) is 2. The number of likely N-dealkylation sites (tertiary alicyclic amines) is 1. The Morgan fingerprint density at radius 1 is 1.19 bits per heavy atom. The predicted molar refractivity (Wildman–Crippen MR) is 62.7 cm³/mol. The summed E-state index contributed by atoms with van der Waals surface area (Å²) in [5.41, 5.74) is 0.488. The molecule has 0 radical (unpaired) electrons. The summed E-state index contributed by atoms with van der Waals surface area (Å²) in [5.74, 6) is 0.000602. The molecule has 0 unspecified atom stereocenters. The second-order valence-corrected chi connectivity index (χ2v) is 4.51. The second-order valence-electron chi connectivity index (χ2n) is 4.17. The third-order valence-corrected chi connectivity index (χ3v) is 3.28. The van der Waals surface area contributed by atoms with Gasteiger partial charge in [-0.05, 0) is 30.5 Å². The molecule has 1 saturated heterocycles. The fourth-order valence-corrected chi connectivity index (χ4v) is 2.26. The highest BCUT2D eigenvalue weighted by atomic mass is 35.5. The van der Waals surface area contributed by atoms with Gasteiger partial charge in [-0.25, -0.2) is 0 Å². The molecular weight excluding hydrogens is 226 g/mol. The van der Waals surface area contributed by atoms with E-state index in [0.717, 1.165) is 25.9 Å². The van der Waals surface area contributed by atoms with Gasteiger partial charge < -0.3 is 9.32 Å². The molecule has 1 aliphatic rings. The summed E-state index contributed by atoms with van der Waals surface area (Å²) in [6.45, 7) is 1.67. The maximum Gasteiger partial charge on any atom is 0.258 e. The smallest absolute Gasteiger partial charge is 0.258 e. The Morgan fingerprint density at radius 2 is 1.81 bits per heavy atom. The molecule has 1 aliphatic heterocycles. The lowest BCUT2D eigenvalue weighted by Crippen LogP contribution is -2.33. The minimum Gasteiger partial charge on any atom is -0.452 e. The molecule has 0 spiro atoms. The van der Waals surface area contributed by atoms with Gasteiger partial charge >= 0.3 is 0 Å². The van der Waals surface area contributed by atoms with Crippen LogP contribution < -0.4 is 0 Å². The third kappa shape index (κ3) is 2.59. The van der Waals surface area contributed by atoms with Crippen LogP contribution in [0, 0.1) is 0 Å². The SMILES string of the molecule is O=C(c1ccoc1Cl)N1CCCCCCC1. The number of hydrogen-bond donors (Lipinski definition) is 0. The van der Waals surface area contributed by atoms with Crippen LogP contribution >= 0.6 is 11.6 Å². The number of amides is 1. The Morgan fingerprint density at radius 3 is 2.38 bits per heavy atom. The first-order valence-electron chi connectivity index (χ1n) is 5.81.